The molecule has 0 radical (unpaired) electrons. The van der Waals surface area contributed by atoms with Crippen LogP contribution in [0.15, 0.2) is 0 Å². The van der Waals surface area contributed by atoms with E-state index in [2.05, 4.69) is 6.92 Å². The average molecular weight is 262 g/mol. The quantitative estimate of drug-likeness (QED) is 0.836. The first-order valence-corrected chi connectivity index (χ1v) is 7.94. The summed E-state index contributed by atoms with van der Waals surface area (Å²) in [5.41, 5.74) is 5.52. The molecule has 1 aliphatic rings. The molecule has 0 bridgehead atoms. The number of hydrogen-bond acceptors (Lipinski definition) is 3. The molecule has 0 saturated heterocycles. The van der Waals surface area contributed by atoms with E-state index < -0.39 is 10.0 Å². The van der Waals surface area contributed by atoms with Gasteiger partial charge in [0.2, 0.25) is 10.0 Å². The highest BCUT2D eigenvalue weighted by atomic mass is 32.2. The van der Waals surface area contributed by atoms with Crippen molar-refractivity contribution in [2.75, 3.05) is 13.6 Å². The number of nitrogens with two attached hydrogens (primary N) is 1. The maximum absolute atomic E-state index is 12.2. The molecule has 0 spiro atoms. The van der Waals surface area contributed by atoms with E-state index in [0.717, 1.165) is 25.7 Å². The summed E-state index contributed by atoms with van der Waals surface area (Å²) in [5.74, 6) is 0.685. The lowest BCUT2D eigenvalue weighted by Crippen LogP contribution is -2.57. The molecule has 0 unspecified atom stereocenters. The fourth-order valence-corrected chi connectivity index (χ4v) is 3.96. The second-order valence-corrected chi connectivity index (χ2v) is 8.19. The van der Waals surface area contributed by atoms with Gasteiger partial charge in [-0.15, -0.1) is 0 Å². The van der Waals surface area contributed by atoms with E-state index in [0.29, 0.717) is 12.5 Å². The maximum Gasteiger partial charge on any atom is 0.216 e. The Morgan fingerprint density at radius 2 is 1.82 bits per heavy atom. The Bertz CT molecular complexity index is 344. The first kappa shape index (κ1) is 14.9. The van der Waals surface area contributed by atoms with Crippen molar-refractivity contribution in [3.8, 4) is 0 Å². The van der Waals surface area contributed by atoms with Gasteiger partial charge in [-0.3, -0.25) is 0 Å². The molecule has 0 aromatic heterocycles. The monoisotopic (exact) mass is 262 g/mol. The molecule has 17 heavy (non-hydrogen) atoms. The van der Waals surface area contributed by atoms with Gasteiger partial charge in [0, 0.05) is 19.1 Å². The number of likely N-dealkylation sites (N-methyl/N-ethyl adjacent to an activating group) is 1. The Morgan fingerprint density at radius 1 is 1.35 bits per heavy atom. The van der Waals surface area contributed by atoms with E-state index in [4.69, 9.17) is 5.73 Å². The molecule has 5 heteroatoms. The van der Waals surface area contributed by atoms with E-state index in [1.807, 2.05) is 0 Å². The molecule has 1 saturated carbocycles. The van der Waals surface area contributed by atoms with Gasteiger partial charge in [0.05, 0.1) is 5.25 Å². The Kier molecular flexibility index (Phi) is 4.60. The third kappa shape index (κ3) is 2.83. The van der Waals surface area contributed by atoms with Crippen LogP contribution in [0.4, 0.5) is 0 Å². The summed E-state index contributed by atoms with van der Waals surface area (Å²) in [6.45, 7) is 6.09. The van der Waals surface area contributed by atoms with Crippen LogP contribution in [0.2, 0.25) is 0 Å². The predicted octanol–water partition coefficient (Wildman–Crippen LogP) is 1.56. The molecular weight excluding hydrogens is 236 g/mol. The Balaban J connectivity index is 2.95. The zero-order chi connectivity index (χ0) is 13.3. The molecule has 102 valence electrons. The van der Waals surface area contributed by atoms with Crippen molar-refractivity contribution >= 4 is 10.0 Å². The number of hydrogen-bond donors (Lipinski definition) is 1. The van der Waals surface area contributed by atoms with Crippen molar-refractivity contribution in [3.05, 3.63) is 0 Å². The third-order valence-corrected chi connectivity index (χ3v) is 6.57. The maximum atomic E-state index is 12.2. The van der Waals surface area contributed by atoms with Gasteiger partial charge in [-0.05, 0) is 45.4 Å². The molecule has 2 N–H and O–H groups in total. The van der Waals surface area contributed by atoms with Crippen LogP contribution in [0.5, 0.6) is 0 Å². The molecule has 1 aliphatic carbocycles. The summed E-state index contributed by atoms with van der Waals surface area (Å²) in [6, 6.07) is 0. The van der Waals surface area contributed by atoms with E-state index in [-0.39, 0.29) is 10.8 Å². The minimum absolute atomic E-state index is 0.352. The molecule has 0 aliphatic heterocycles. The molecule has 0 heterocycles. The van der Waals surface area contributed by atoms with Crippen molar-refractivity contribution < 1.29 is 8.42 Å². The molecule has 0 aromatic rings. The first-order chi connectivity index (χ1) is 7.76. The molecule has 0 amide bonds. The van der Waals surface area contributed by atoms with Crippen molar-refractivity contribution in [2.24, 2.45) is 11.7 Å². The summed E-state index contributed by atoms with van der Waals surface area (Å²) in [7, 11) is -1.52. The van der Waals surface area contributed by atoms with Gasteiger partial charge in [-0.25, -0.2) is 8.42 Å². The molecule has 1 rings (SSSR count). The summed E-state index contributed by atoms with van der Waals surface area (Å²) in [5, 5.41) is -0.379. The van der Waals surface area contributed by atoms with Crippen LogP contribution < -0.4 is 5.73 Å². The number of nitrogens with zero attached hydrogens (tertiary/aromatic N) is 1. The zero-order valence-corrected chi connectivity index (χ0v) is 12.3. The van der Waals surface area contributed by atoms with Gasteiger partial charge in [-0.1, -0.05) is 6.92 Å². The van der Waals surface area contributed by atoms with Crippen LogP contribution in [-0.4, -0.2) is 37.1 Å². The zero-order valence-electron chi connectivity index (χ0n) is 11.4. The summed E-state index contributed by atoms with van der Waals surface area (Å²) < 4.78 is 26.0. The van der Waals surface area contributed by atoms with Crippen LogP contribution in [0.1, 0.15) is 46.5 Å². The lowest BCUT2D eigenvalue weighted by atomic mass is 9.77. The van der Waals surface area contributed by atoms with E-state index in [1.54, 1.807) is 25.2 Å². The van der Waals surface area contributed by atoms with Crippen LogP contribution >= 0.6 is 0 Å². The van der Waals surface area contributed by atoms with Gasteiger partial charge in [0.25, 0.3) is 0 Å². The minimum Gasteiger partial charge on any atom is -0.329 e. The molecule has 1 fully saturated rings. The summed E-state index contributed by atoms with van der Waals surface area (Å²) in [4.78, 5) is 0. The standard InChI is InChI=1S/C12H26N2O2S/c1-10(2)17(15,16)14(4)12(9-13)7-5-11(3)6-8-12/h10-11H,5-9,13H2,1-4H3. The first-order valence-electron chi connectivity index (χ1n) is 6.44. The Morgan fingerprint density at radius 3 is 2.18 bits per heavy atom. The van der Waals surface area contributed by atoms with Gasteiger partial charge in [0.1, 0.15) is 0 Å². The molecule has 0 atom stereocenters. The minimum atomic E-state index is -3.21. The highest BCUT2D eigenvalue weighted by molar-refractivity contribution is 7.89. The predicted molar refractivity (Wildman–Crippen MR) is 71.2 cm³/mol. The highest BCUT2D eigenvalue weighted by Gasteiger charge is 2.42. The molecule has 0 aromatic carbocycles. The van der Waals surface area contributed by atoms with Gasteiger partial charge < -0.3 is 5.73 Å². The smallest absolute Gasteiger partial charge is 0.216 e. The van der Waals surface area contributed by atoms with Crippen LogP contribution in [0.25, 0.3) is 0 Å². The summed E-state index contributed by atoms with van der Waals surface area (Å²) in [6.07, 6.45) is 3.89. The largest absolute Gasteiger partial charge is 0.329 e. The summed E-state index contributed by atoms with van der Waals surface area (Å²) >= 11 is 0. The lowest BCUT2D eigenvalue weighted by molar-refractivity contribution is 0.134. The molecule has 4 nitrogen and oxygen atoms in total. The SMILES string of the molecule is CC1CCC(CN)(N(C)S(=O)(=O)C(C)C)CC1. The van der Waals surface area contributed by atoms with Crippen molar-refractivity contribution in [1.29, 1.82) is 0 Å². The topological polar surface area (TPSA) is 63.4 Å². The Labute approximate surface area is 106 Å². The van der Waals surface area contributed by atoms with Crippen LogP contribution in [0.3, 0.4) is 0 Å². The number of rotatable bonds is 4. The van der Waals surface area contributed by atoms with Gasteiger partial charge in [-0.2, -0.15) is 4.31 Å². The second kappa shape index (κ2) is 5.24. The molecular formula is C12H26N2O2S. The van der Waals surface area contributed by atoms with Crippen molar-refractivity contribution in [1.82, 2.24) is 4.31 Å². The van der Waals surface area contributed by atoms with Gasteiger partial charge >= 0.3 is 0 Å². The van der Waals surface area contributed by atoms with Crippen LogP contribution in [-0.2, 0) is 10.0 Å². The number of sulfonamides is 1. The fourth-order valence-electron chi connectivity index (χ4n) is 2.53. The van der Waals surface area contributed by atoms with Gasteiger partial charge in [0.15, 0.2) is 0 Å². The van der Waals surface area contributed by atoms with E-state index in [1.165, 1.54) is 0 Å². The van der Waals surface area contributed by atoms with Crippen molar-refractivity contribution in [3.63, 3.8) is 0 Å². The van der Waals surface area contributed by atoms with Crippen LogP contribution in [0, 0.1) is 5.92 Å². The highest BCUT2D eigenvalue weighted by Crippen LogP contribution is 2.37. The fraction of sp³-hybridized carbons (Fsp3) is 1.00. The van der Waals surface area contributed by atoms with Crippen molar-refractivity contribution in [2.45, 2.75) is 57.2 Å². The van der Waals surface area contributed by atoms with E-state index >= 15 is 0 Å². The normalized spacial score (nSPS) is 31.1. The third-order valence-electron chi connectivity index (χ3n) is 4.23. The van der Waals surface area contributed by atoms with E-state index in [9.17, 15) is 8.42 Å². The Hall–Kier alpha value is -0.130. The average Bonchev–Trinajstić information content (AvgIpc) is 2.29. The lowest BCUT2D eigenvalue weighted by Gasteiger charge is -2.45. The second-order valence-electron chi connectivity index (χ2n) is 5.67.